The van der Waals surface area contributed by atoms with Crippen LogP contribution < -0.4 is 43.0 Å². The van der Waals surface area contributed by atoms with Gasteiger partial charge in [0.05, 0.1) is 0 Å². The van der Waals surface area contributed by atoms with Crippen LogP contribution in [0.4, 0.5) is 41.6 Å². The van der Waals surface area contributed by atoms with E-state index in [9.17, 15) is 24.0 Å². The predicted octanol–water partition coefficient (Wildman–Crippen LogP) is 0.601. The van der Waals surface area contributed by atoms with Crippen molar-refractivity contribution in [2.24, 2.45) is 0 Å². The SMILES string of the molecule is CCSc1nc(NCCNC(=O)C(C)OC(=O)COC(=O)C(C)OC(=O)COC(=O)COC)nc(NCCNc2nc(NCCNc3nc(N)nc(NCCS)n3)nc(Sc3ccccc3)n2)n1. The van der Waals surface area contributed by atoms with E-state index < -0.39 is 55.2 Å². The Bertz CT molecular complexity index is 2260. The summed E-state index contributed by atoms with van der Waals surface area (Å²) in [5.74, 6) is -1.27. The number of rotatable bonds is 31. The zero-order valence-corrected chi connectivity index (χ0v) is 40.0. The molecule has 68 heavy (non-hydrogen) atoms. The highest BCUT2D eigenvalue weighted by Gasteiger charge is 2.23. The summed E-state index contributed by atoms with van der Waals surface area (Å²) in [6, 6.07) is 9.70. The lowest BCUT2D eigenvalue weighted by Gasteiger charge is -2.15. The average Bonchev–Trinajstić information content (AvgIpc) is 3.31. The van der Waals surface area contributed by atoms with Crippen LogP contribution in [0, 0.1) is 0 Å². The zero-order valence-electron chi connectivity index (χ0n) is 37.5. The van der Waals surface area contributed by atoms with Crippen LogP contribution in [0.2, 0.25) is 0 Å². The van der Waals surface area contributed by atoms with Gasteiger partial charge in [-0.15, -0.1) is 0 Å². The maximum absolute atomic E-state index is 12.6. The molecule has 0 spiro atoms. The number of carbonyl (C=O) groups is 5. The summed E-state index contributed by atoms with van der Waals surface area (Å²) in [6.07, 6.45) is -2.66. The molecule has 1 aromatic carbocycles. The molecule has 4 aromatic rings. The minimum absolute atomic E-state index is 0.0765. The van der Waals surface area contributed by atoms with E-state index in [0.717, 1.165) is 4.90 Å². The van der Waals surface area contributed by atoms with Gasteiger partial charge in [0.25, 0.3) is 5.91 Å². The average molecular weight is 1000 g/mol. The van der Waals surface area contributed by atoms with Gasteiger partial charge in [0.1, 0.15) is 6.61 Å². The van der Waals surface area contributed by atoms with Crippen LogP contribution in [0.15, 0.2) is 45.5 Å². The molecule has 9 N–H and O–H groups in total. The number of ether oxygens (including phenoxy) is 5. The van der Waals surface area contributed by atoms with E-state index in [0.29, 0.717) is 84.3 Å². The van der Waals surface area contributed by atoms with Gasteiger partial charge in [0.2, 0.25) is 41.6 Å². The molecule has 30 heteroatoms. The predicted molar refractivity (Wildman–Crippen MR) is 254 cm³/mol. The summed E-state index contributed by atoms with van der Waals surface area (Å²) >= 11 is 6.98. The summed E-state index contributed by atoms with van der Waals surface area (Å²) in [6.45, 7) is 4.94. The lowest BCUT2D eigenvalue weighted by atomic mass is 10.3. The number of nitrogens with one attached hydrogen (secondary N) is 7. The molecule has 0 saturated carbocycles. The van der Waals surface area contributed by atoms with Gasteiger partial charge in [-0.2, -0.15) is 57.5 Å². The quantitative estimate of drug-likeness (QED) is 0.0110. The highest BCUT2D eigenvalue weighted by Crippen LogP contribution is 2.25. The number of nitrogen functional groups attached to an aromatic ring is 1. The van der Waals surface area contributed by atoms with Crippen LogP contribution in [-0.4, -0.2) is 171 Å². The van der Waals surface area contributed by atoms with Crippen molar-refractivity contribution in [3.8, 4) is 0 Å². The Kier molecular flexibility index (Phi) is 23.6. The van der Waals surface area contributed by atoms with E-state index >= 15 is 0 Å². The Morgan fingerprint density at radius 1 is 0.603 bits per heavy atom. The number of amides is 1. The van der Waals surface area contributed by atoms with Gasteiger partial charge in [-0.25, -0.2) is 19.2 Å². The molecule has 0 bridgehead atoms. The van der Waals surface area contributed by atoms with Crippen molar-refractivity contribution in [1.29, 1.82) is 0 Å². The van der Waals surface area contributed by atoms with Crippen LogP contribution in [0.25, 0.3) is 0 Å². The van der Waals surface area contributed by atoms with Crippen molar-refractivity contribution in [2.75, 3.05) is 122 Å². The summed E-state index contributed by atoms with van der Waals surface area (Å²) in [7, 11) is 1.27. The Labute approximate surface area is 404 Å². The van der Waals surface area contributed by atoms with Crippen molar-refractivity contribution >= 4 is 108 Å². The van der Waals surface area contributed by atoms with Gasteiger partial charge in [0.15, 0.2) is 35.7 Å². The molecule has 0 aliphatic rings. The first-order chi connectivity index (χ1) is 32.8. The second-order valence-electron chi connectivity index (χ2n) is 13.3. The number of carbonyl (C=O) groups excluding carboxylic acids is 5. The molecule has 2 atom stereocenters. The van der Waals surface area contributed by atoms with Gasteiger partial charge < -0.3 is 66.6 Å². The molecule has 27 nitrogen and oxygen atoms in total. The van der Waals surface area contributed by atoms with E-state index in [1.807, 2.05) is 37.3 Å². The maximum Gasteiger partial charge on any atom is 0.347 e. The normalized spacial score (nSPS) is 11.5. The van der Waals surface area contributed by atoms with Crippen LogP contribution >= 0.6 is 36.2 Å². The van der Waals surface area contributed by atoms with Gasteiger partial charge in [-0.3, -0.25) is 4.79 Å². The van der Waals surface area contributed by atoms with Crippen molar-refractivity contribution in [3.63, 3.8) is 0 Å². The van der Waals surface area contributed by atoms with Crippen molar-refractivity contribution in [3.05, 3.63) is 30.3 Å². The Balaban J connectivity index is 1.22. The molecule has 4 rings (SSSR count). The number of hydrogen-bond acceptors (Lipinski definition) is 29. The largest absolute Gasteiger partial charge is 0.452 e. The number of benzene rings is 1. The molecule has 0 aliphatic carbocycles. The van der Waals surface area contributed by atoms with E-state index in [-0.39, 0.29) is 31.6 Å². The van der Waals surface area contributed by atoms with E-state index in [2.05, 4.69) is 104 Å². The number of nitrogens with zero attached hydrogens (tertiary/aromatic N) is 9. The second kappa shape index (κ2) is 29.8. The maximum atomic E-state index is 12.6. The first-order valence-corrected chi connectivity index (χ1v) is 23.2. The van der Waals surface area contributed by atoms with Crippen LogP contribution in [-0.2, 0) is 47.7 Å². The number of thioether (sulfide) groups is 1. The minimum Gasteiger partial charge on any atom is -0.452 e. The van der Waals surface area contributed by atoms with E-state index in [1.165, 1.54) is 44.5 Å². The Morgan fingerprint density at radius 2 is 1.07 bits per heavy atom. The number of aromatic nitrogens is 9. The van der Waals surface area contributed by atoms with Crippen molar-refractivity contribution in [2.45, 2.75) is 48.2 Å². The number of esters is 4. The second-order valence-corrected chi connectivity index (χ2v) is 16.0. The minimum atomic E-state index is -1.42. The van der Waals surface area contributed by atoms with E-state index in [1.54, 1.807) is 0 Å². The molecule has 1 amide bonds. The van der Waals surface area contributed by atoms with E-state index in [4.69, 9.17) is 19.9 Å². The van der Waals surface area contributed by atoms with Crippen LogP contribution in [0.3, 0.4) is 0 Å². The lowest BCUT2D eigenvalue weighted by Crippen LogP contribution is -2.39. The number of hydrogen-bond donors (Lipinski definition) is 9. The summed E-state index contributed by atoms with van der Waals surface area (Å²) in [5.41, 5.74) is 5.84. The number of methoxy groups -OCH3 is 1. The smallest absolute Gasteiger partial charge is 0.347 e. The molecule has 368 valence electrons. The highest BCUT2D eigenvalue weighted by molar-refractivity contribution is 7.99. The van der Waals surface area contributed by atoms with Gasteiger partial charge in [-0.1, -0.05) is 36.9 Å². The zero-order chi connectivity index (χ0) is 49.1. The molecular formula is C38H53N17O10S3. The first-order valence-electron chi connectivity index (χ1n) is 20.7. The highest BCUT2D eigenvalue weighted by atomic mass is 32.2. The lowest BCUT2D eigenvalue weighted by molar-refractivity contribution is -0.176. The molecule has 3 aromatic heterocycles. The van der Waals surface area contributed by atoms with Crippen molar-refractivity contribution < 1.29 is 47.7 Å². The fourth-order valence-corrected chi connectivity index (χ4v) is 6.33. The summed E-state index contributed by atoms with van der Waals surface area (Å²) in [5, 5.41) is 22.4. The number of nitrogens with two attached hydrogens (primary N) is 1. The Morgan fingerprint density at radius 3 is 1.59 bits per heavy atom. The fraction of sp³-hybridized carbons (Fsp3) is 0.474. The molecule has 3 heterocycles. The Hall–Kier alpha value is -6.79. The molecule has 2 unspecified atom stereocenters. The van der Waals surface area contributed by atoms with Gasteiger partial charge in [-0.05, 0) is 43.5 Å². The summed E-state index contributed by atoms with van der Waals surface area (Å²) < 4.78 is 23.8. The standard InChI is InChI=1S/C38H53N17O10S3/c1-5-67-37-52-33(42-12-11-40-28(59)22(2)64-27(58)21-63-29(60)23(3)65-26(57)20-62-25(56)19-61-4)50-34(53-37)43-15-16-45-36-51-35(54-38(55-36)68-24-9-7-6-8-10-24)44-14-13-41-31-47-30(39)48-32(49-31)46-17-18-66/h6-10,22-23,66H,5,11-21H2,1-4H3,(H,40,59)(H2,42,43,50,52,53)(H2,44,45,51,54,55)(H4,39,41,46,47,48,49). The molecular weight excluding hydrogens is 951 g/mol. The third kappa shape index (κ3) is 20.8. The third-order valence-corrected chi connectivity index (χ3v) is 9.68. The monoisotopic (exact) mass is 1000 g/mol. The third-order valence-electron chi connectivity index (χ3n) is 7.86. The number of anilines is 7. The molecule has 0 fully saturated rings. The molecule has 0 radical (unpaired) electrons. The van der Waals surface area contributed by atoms with Crippen molar-refractivity contribution in [1.82, 2.24) is 50.2 Å². The fourth-order valence-electron chi connectivity index (χ4n) is 4.89. The first kappa shape index (κ1) is 53.8. The van der Waals surface area contributed by atoms with Gasteiger partial charge in [0, 0.05) is 63.6 Å². The summed E-state index contributed by atoms with van der Waals surface area (Å²) in [4.78, 5) is 101. The molecule has 0 aliphatic heterocycles. The van der Waals surface area contributed by atoms with Gasteiger partial charge >= 0.3 is 23.9 Å². The topological polar surface area (TPSA) is 358 Å². The van der Waals surface area contributed by atoms with Crippen LogP contribution in [0.5, 0.6) is 0 Å². The number of thiol groups is 1. The molecule has 0 saturated heterocycles. The van der Waals surface area contributed by atoms with Crippen LogP contribution in [0.1, 0.15) is 20.8 Å².